The van der Waals surface area contributed by atoms with Crippen LogP contribution >= 0.6 is 0 Å². The number of carbonyl (C=O) groups excluding carboxylic acids is 3. The number of hydrogen-bond donors (Lipinski definition) is 3. The van der Waals surface area contributed by atoms with E-state index in [-0.39, 0.29) is 23.8 Å². The summed E-state index contributed by atoms with van der Waals surface area (Å²) in [6, 6.07) is 9.57. The molecule has 8 heteroatoms. The van der Waals surface area contributed by atoms with Crippen molar-refractivity contribution in [1.82, 2.24) is 10.3 Å². The van der Waals surface area contributed by atoms with Crippen LogP contribution in [0.4, 0.5) is 11.5 Å². The highest BCUT2D eigenvalue weighted by Crippen LogP contribution is 2.38. The van der Waals surface area contributed by atoms with Crippen LogP contribution in [0.15, 0.2) is 36.5 Å². The smallest absolute Gasteiger partial charge is 0.251 e. The van der Waals surface area contributed by atoms with Crippen LogP contribution in [0.3, 0.4) is 0 Å². The van der Waals surface area contributed by atoms with E-state index in [1.165, 1.54) is 0 Å². The van der Waals surface area contributed by atoms with E-state index in [0.29, 0.717) is 34.5 Å². The molecule has 180 valence electrons. The summed E-state index contributed by atoms with van der Waals surface area (Å²) < 4.78 is 0. The number of carbonyl (C=O) groups is 3. The van der Waals surface area contributed by atoms with Crippen LogP contribution in [0.25, 0.3) is 0 Å². The lowest BCUT2D eigenvalue weighted by Gasteiger charge is -2.40. The Balaban J connectivity index is 1.44. The number of pyridine rings is 1. The van der Waals surface area contributed by atoms with E-state index < -0.39 is 5.91 Å². The molecule has 0 saturated carbocycles. The fourth-order valence-electron chi connectivity index (χ4n) is 5.07. The Labute approximate surface area is 200 Å². The lowest BCUT2D eigenvalue weighted by molar-refractivity contribution is 0.0924. The number of anilines is 2. The third-order valence-corrected chi connectivity index (χ3v) is 7.05. The average molecular weight is 464 g/mol. The molecule has 0 unspecified atom stereocenters. The van der Waals surface area contributed by atoms with Gasteiger partial charge in [-0.15, -0.1) is 0 Å². The van der Waals surface area contributed by atoms with Gasteiger partial charge in [0.2, 0.25) is 0 Å². The molecule has 2 aliphatic heterocycles. The molecule has 34 heavy (non-hydrogen) atoms. The van der Waals surface area contributed by atoms with Gasteiger partial charge in [0.1, 0.15) is 5.82 Å². The van der Waals surface area contributed by atoms with E-state index in [2.05, 4.69) is 20.5 Å². The average Bonchev–Trinajstić information content (AvgIpc) is 3.08. The summed E-state index contributed by atoms with van der Waals surface area (Å²) in [5.41, 5.74) is 7.61. The molecule has 2 aliphatic rings. The fourth-order valence-corrected chi connectivity index (χ4v) is 5.07. The number of rotatable bonds is 8. The van der Waals surface area contributed by atoms with Crippen LogP contribution in [0.5, 0.6) is 0 Å². The Morgan fingerprint density at radius 2 is 1.79 bits per heavy atom. The van der Waals surface area contributed by atoms with Gasteiger partial charge in [-0.2, -0.15) is 0 Å². The fraction of sp³-hybridized carbons (Fsp3) is 0.462. The molecule has 8 nitrogen and oxygen atoms in total. The number of piperidine rings is 1. The van der Waals surface area contributed by atoms with Crippen molar-refractivity contribution in [2.45, 2.75) is 77.0 Å². The molecule has 2 aromatic rings. The molecule has 0 radical (unpaired) electrons. The van der Waals surface area contributed by atoms with Crippen LogP contribution < -0.4 is 21.3 Å². The van der Waals surface area contributed by atoms with Crippen molar-refractivity contribution in [3.63, 3.8) is 0 Å². The van der Waals surface area contributed by atoms with Gasteiger partial charge in [0.25, 0.3) is 11.8 Å². The van der Waals surface area contributed by atoms with Gasteiger partial charge in [-0.3, -0.25) is 14.4 Å². The first kappa shape index (κ1) is 23.7. The zero-order chi connectivity index (χ0) is 24.4. The van der Waals surface area contributed by atoms with Gasteiger partial charge in [-0.05, 0) is 76.3 Å². The Kier molecular flexibility index (Phi) is 6.86. The minimum Gasteiger partial charge on any atom is -0.382 e. The number of nitrogens with two attached hydrogens (primary N) is 1. The molecule has 4 rings (SSSR count). The molecule has 4 atom stereocenters. The molecule has 1 aromatic heterocycles. The predicted molar refractivity (Wildman–Crippen MR) is 132 cm³/mol. The van der Waals surface area contributed by atoms with Crippen LogP contribution in [-0.2, 0) is 0 Å². The number of amides is 2. The monoisotopic (exact) mass is 463 g/mol. The van der Waals surface area contributed by atoms with E-state index in [1.54, 1.807) is 31.3 Å². The maximum absolute atomic E-state index is 13.1. The second-order valence-corrected chi connectivity index (χ2v) is 9.47. The minimum atomic E-state index is -0.522. The van der Waals surface area contributed by atoms with Crippen molar-refractivity contribution in [3.05, 3.63) is 53.2 Å². The molecule has 2 bridgehead atoms. The van der Waals surface area contributed by atoms with E-state index in [9.17, 15) is 14.4 Å². The molecule has 2 amide bonds. The normalized spacial score (nSPS) is 22.2. The molecule has 4 N–H and O–H groups in total. The zero-order valence-electron chi connectivity index (χ0n) is 20.0. The summed E-state index contributed by atoms with van der Waals surface area (Å²) in [7, 11) is 0. The van der Waals surface area contributed by atoms with Crippen molar-refractivity contribution in [3.8, 4) is 0 Å². The van der Waals surface area contributed by atoms with Crippen LogP contribution in [0.1, 0.15) is 83.9 Å². The van der Waals surface area contributed by atoms with E-state index in [4.69, 9.17) is 5.73 Å². The number of nitrogens with one attached hydrogen (secondary N) is 2. The molecule has 0 spiro atoms. The van der Waals surface area contributed by atoms with Gasteiger partial charge in [-0.1, -0.05) is 6.92 Å². The summed E-state index contributed by atoms with van der Waals surface area (Å²) in [6.07, 6.45) is 6.33. The number of benzene rings is 1. The number of ketones is 1. The van der Waals surface area contributed by atoms with Gasteiger partial charge >= 0.3 is 0 Å². The lowest BCUT2D eigenvalue weighted by atomic mass is 9.96. The maximum atomic E-state index is 13.1. The standard InChI is InChI=1S/C26H33N5O3/c1-4-15(2)29-23-11-17(5-9-22(23)25(27)33)26(34)30-19-12-20-7-8-21(13-19)31(20)24-10-6-18(14-28-24)16(3)32/h5-6,9-11,14-15,19-21,29H,4,7-8,12-13H2,1-3H3,(H2,27,33)(H,30,34)/t15-,19-,20+,21-/m0/s1. The first-order valence-corrected chi connectivity index (χ1v) is 12.0. The number of hydrogen-bond acceptors (Lipinski definition) is 6. The topological polar surface area (TPSA) is 117 Å². The van der Waals surface area contributed by atoms with Gasteiger partial charge in [0.05, 0.1) is 5.56 Å². The van der Waals surface area contributed by atoms with Crippen molar-refractivity contribution in [2.75, 3.05) is 10.2 Å². The summed E-state index contributed by atoms with van der Waals surface area (Å²) >= 11 is 0. The summed E-state index contributed by atoms with van der Waals surface area (Å²) in [5.74, 6) is 0.233. The van der Waals surface area contributed by atoms with E-state index in [1.807, 2.05) is 26.0 Å². The third kappa shape index (κ3) is 4.90. The molecule has 2 saturated heterocycles. The SMILES string of the molecule is CC[C@H](C)Nc1cc(C(=O)N[C@H]2C[C@H]3CC[C@@H](C2)N3c2ccc(C(C)=O)cn2)ccc1C(N)=O. The van der Waals surface area contributed by atoms with Crippen LogP contribution in [0.2, 0.25) is 0 Å². The highest BCUT2D eigenvalue weighted by Gasteiger charge is 2.41. The summed E-state index contributed by atoms with van der Waals surface area (Å²) in [4.78, 5) is 43.3. The third-order valence-electron chi connectivity index (χ3n) is 7.05. The lowest BCUT2D eigenvalue weighted by Crippen LogP contribution is -2.50. The summed E-state index contributed by atoms with van der Waals surface area (Å²) in [5, 5.41) is 6.48. The van der Waals surface area contributed by atoms with Crippen molar-refractivity contribution in [2.24, 2.45) is 5.73 Å². The second kappa shape index (κ2) is 9.83. The Morgan fingerprint density at radius 1 is 1.12 bits per heavy atom. The molecule has 2 fully saturated rings. The van der Waals surface area contributed by atoms with Crippen molar-refractivity contribution < 1.29 is 14.4 Å². The number of aromatic nitrogens is 1. The highest BCUT2D eigenvalue weighted by molar-refractivity contribution is 6.02. The minimum absolute atomic E-state index is 0.00909. The first-order chi connectivity index (χ1) is 16.3. The first-order valence-electron chi connectivity index (χ1n) is 12.0. The molecule has 3 heterocycles. The largest absolute Gasteiger partial charge is 0.382 e. The van der Waals surface area contributed by atoms with Gasteiger partial charge in [0, 0.05) is 47.2 Å². The van der Waals surface area contributed by atoms with Gasteiger partial charge in [-0.25, -0.2) is 4.98 Å². The summed E-state index contributed by atoms with van der Waals surface area (Å²) in [6.45, 7) is 5.61. The molecular formula is C26H33N5O3. The maximum Gasteiger partial charge on any atom is 0.251 e. The van der Waals surface area contributed by atoms with E-state index >= 15 is 0 Å². The van der Waals surface area contributed by atoms with E-state index in [0.717, 1.165) is 37.9 Å². The molecule has 1 aromatic carbocycles. The van der Waals surface area contributed by atoms with Gasteiger partial charge < -0.3 is 21.3 Å². The zero-order valence-corrected chi connectivity index (χ0v) is 20.0. The van der Waals surface area contributed by atoms with Crippen molar-refractivity contribution >= 4 is 29.1 Å². The second-order valence-electron chi connectivity index (χ2n) is 9.47. The Bertz CT molecular complexity index is 1070. The number of Topliss-reactive ketones (excluding diaryl/α,β-unsaturated/α-hetero) is 1. The van der Waals surface area contributed by atoms with Gasteiger partial charge in [0.15, 0.2) is 5.78 Å². The number of nitrogens with zero attached hydrogens (tertiary/aromatic N) is 2. The highest BCUT2D eigenvalue weighted by atomic mass is 16.2. The predicted octanol–water partition coefficient (Wildman–Crippen LogP) is 3.52. The number of primary amides is 1. The quantitative estimate of drug-likeness (QED) is 0.516. The Hall–Kier alpha value is -3.42. The van der Waals surface area contributed by atoms with Crippen molar-refractivity contribution in [1.29, 1.82) is 0 Å². The van der Waals surface area contributed by atoms with Crippen LogP contribution in [0, 0.1) is 0 Å². The Morgan fingerprint density at radius 3 is 2.35 bits per heavy atom. The number of fused-ring (bicyclic) bond motifs is 2. The molecular weight excluding hydrogens is 430 g/mol. The van der Waals surface area contributed by atoms with Crippen LogP contribution in [-0.4, -0.2) is 46.7 Å². The molecule has 0 aliphatic carbocycles.